The highest BCUT2D eigenvalue weighted by molar-refractivity contribution is 7.89. The molecule has 11 nitrogen and oxygen atoms in total. The van der Waals surface area contributed by atoms with E-state index in [1.165, 1.54) is 12.1 Å². The molecular weight excluding hydrogens is 796 g/mol. The Labute approximate surface area is 312 Å². The highest BCUT2D eigenvalue weighted by Gasteiger charge is 2.38. The number of fused-ring (bicyclic) bond motifs is 1. The first-order chi connectivity index (χ1) is 26.1. The van der Waals surface area contributed by atoms with Crippen molar-refractivity contribution in [1.82, 2.24) is 14.7 Å². The van der Waals surface area contributed by atoms with Crippen LogP contribution in [0.2, 0.25) is 0 Å². The second-order valence-electron chi connectivity index (χ2n) is 12.4. The number of carboxylic acid groups (broad SMARTS) is 1. The van der Waals surface area contributed by atoms with Crippen LogP contribution in [0.15, 0.2) is 71.6 Å². The number of sulfonamides is 1. The maximum atomic E-state index is 13.8. The molecule has 3 aromatic carbocycles. The van der Waals surface area contributed by atoms with E-state index in [1.807, 2.05) is 24.3 Å². The van der Waals surface area contributed by atoms with Crippen LogP contribution in [0.25, 0.3) is 10.9 Å². The van der Waals surface area contributed by atoms with Crippen molar-refractivity contribution in [3.05, 3.63) is 72.5 Å². The summed E-state index contributed by atoms with van der Waals surface area (Å²) in [5, 5.41) is 14.3. The summed E-state index contributed by atoms with van der Waals surface area (Å²) in [5.41, 5.74) is 1.20. The molecular formula is C34H33F10N5O6S. The zero-order valence-electron chi connectivity index (χ0n) is 28.7. The highest BCUT2D eigenvalue weighted by atomic mass is 32.2. The van der Waals surface area contributed by atoms with E-state index >= 15 is 0 Å². The van der Waals surface area contributed by atoms with Crippen LogP contribution in [0.3, 0.4) is 0 Å². The lowest BCUT2D eigenvalue weighted by molar-refractivity contribution is -0.192. The Bertz CT molecular complexity index is 2060. The van der Waals surface area contributed by atoms with Crippen molar-refractivity contribution in [1.29, 1.82) is 0 Å². The van der Waals surface area contributed by atoms with Crippen molar-refractivity contribution in [3.8, 4) is 11.5 Å². The molecule has 1 fully saturated rings. The second-order valence-corrected chi connectivity index (χ2v) is 14.1. The fourth-order valence-electron chi connectivity index (χ4n) is 5.37. The van der Waals surface area contributed by atoms with Gasteiger partial charge in [0.2, 0.25) is 16.0 Å². The molecule has 0 amide bonds. The zero-order chi connectivity index (χ0) is 41.3. The van der Waals surface area contributed by atoms with E-state index in [2.05, 4.69) is 34.8 Å². The van der Waals surface area contributed by atoms with E-state index in [-0.39, 0.29) is 18.4 Å². The van der Waals surface area contributed by atoms with Gasteiger partial charge < -0.3 is 25.2 Å². The molecule has 4 aromatic rings. The van der Waals surface area contributed by atoms with Gasteiger partial charge in [0, 0.05) is 30.2 Å². The average Bonchev–Trinajstić information content (AvgIpc) is 3.11. The van der Waals surface area contributed by atoms with Gasteiger partial charge in [-0.25, -0.2) is 27.3 Å². The molecule has 0 unspecified atom stereocenters. The summed E-state index contributed by atoms with van der Waals surface area (Å²) in [6.45, 7) is -3.04. The molecule has 1 aliphatic rings. The monoisotopic (exact) mass is 829 g/mol. The zero-order valence-corrected chi connectivity index (χ0v) is 29.5. The molecule has 306 valence electrons. The molecule has 1 aromatic heterocycles. The van der Waals surface area contributed by atoms with Crippen LogP contribution >= 0.6 is 0 Å². The molecule has 4 N–H and O–H groups in total. The minimum atomic E-state index is -5.08. The number of ether oxygens (including phenoxy) is 2. The number of benzene rings is 3. The Hall–Kier alpha value is -5.12. The first kappa shape index (κ1) is 43.6. The van der Waals surface area contributed by atoms with Crippen molar-refractivity contribution in [2.24, 2.45) is 11.8 Å². The maximum absolute atomic E-state index is 13.8. The molecule has 22 heteroatoms. The molecule has 5 rings (SSSR count). The largest absolute Gasteiger partial charge is 0.490 e. The lowest BCUT2D eigenvalue weighted by Crippen LogP contribution is -2.33. The van der Waals surface area contributed by atoms with Gasteiger partial charge >= 0.3 is 24.5 Å². The van der Waals surface area contributed by atoms with Gasteiger partial charge in [0.15, 0.2) is 13.2 Å². The summed E-state index contributed by atoms with van der Waals surface area (Å²) in [6.07, 6.45) is -11.9. The first-order valence-corrected chi connectivity index (χ1v) is 17.9. The minimum absolute atomic E-state index is 0.0439. The Morgan fingerprint density at radius 3 is 2.00 bits per heavy atom. The van der Waals surface area contributed by atoms with Gasteiger partial charge in [-0.1, -0.05) is 18.2 Å². The number of carbonyl (C=O) groups is 1. The first-order valence-electron chi connectivity index (χ1n) is 16.4. The Morgan fingerprint density at radius 1 is 0.786 bits per heavy atom. The van der Waals surface area contributed by atoms with E-state index in [9.17, 15) is 52.3 Å². The molecule has 56 heavy (non-hydrogen) atoms. The van der Waals surface area contributed by atoms with Crippen LogP contribution in [-0.4, -0.2) is 74.3 Å². The number of anilines is 3. The molecule has 0 saturated heterocycles. The van der Waals surface area contributed by atoms with E-state index in [0.29, 0.717) is 48.4 Å². The number of nitrogens with one attached hydrogen (secondary N) is 3. The molecule has 1 saturated carbocycles. The second kappa shape index (κ2) is 18.2. The summed E-state index contributed by atoms with van der Waals surface area (Å²) in [4.78, 5) is 17.3. The quantitative estimate of drug-likeness (QED) is 0.0971. The number of hydrogen-bond acceptors (Lipinski definition) is 9. The number of hydrogen-bond donors (Lipinski definition) is 4. The number of para-hydroxylation sites is 1. The number of aromatic nitrogens is 2. The van der Waals surface area contributed by atoms with Crippen molar-refractivity contribution in [2.45, 2.75) is 49.1 Å². The van der Waals surface area contributed by atoms with Gasteiger partial charge in [0.25, 0.3) is 0 Å². The summed E-state index contributed by atoms with van der Waals surface area (Å²) >= 11 is 0. The maximum Gasteiger partial charge on any atom is 0.490 e. The van der Waals surface area contributed by atoms with E-state index in [1.54, 1.807) is 12.1 Å². The predicted octanol–water partition coefficient (Wildman–Crippen LogP) is 8.22. The van der Waals surface area contributed by atoms with Crippen molar-refractivity contribution < 1.29 is 71.7 Å². The van der Waals surface area contributed by atoms with Gasteiger partial charge in [0.05, 0.1) is 5.52 Å². The molecule has 0 radical (unpaired) electrons. The fourth-order valence-corrected chi connectivity index (χ4v) is 6.64. The topological polar surface area (TPSA) is 152 Å². The lowest BCUT2D eigenvalue weighted by atomic mass is 9.82. The minimum Gasteiger partial charge on any atom is -0.484 e. The van der Waals surface area contributed by atoms with Gasteiger partial charge in [-0.05, 0) is 80.0 Å². The van der Waals surface area contributed by atoms with Gasteiger partial charge in [-0.2, -0.15) is 44.5 Å². The van der Waals surface area contributed by atoms with Crippen LogP contribution in [0.1, 0.15) is 25.7 Å². The highest BCUT2D eigenvalue weighted by Crippen LogP contribution is 2.33. The fraction of sp³-hybridized carbons (Fsp3) is 0.382. The smallest absolute Gasteiger partial charge is 0.484 e. The molecule has 1 heterocycles. The number of aliphatic carboxylic acids is 1. The van der Waals surface area contributed by atoms with Crippen molar-refractivity contribution in [2.75, 3.05) is 36.9 Å². The predicted molar refractivity (Wildman–Crippen MR) is 182 cm³/mol. The number of nitrogens with zero attached hydrogens (tertiary/aromatic N) is 2. The van der Waals surface area contributed by atoms with Crippen molar-refractivity contribution in [3.63, 3.8) is 0 Å². The third-order valence-electron chi connectivity index (χ3n) is 8.01. The summed E-state index contributed by atoms with van der Waals surface area (Å²) in [5.74, 6) is -3.36. The standard InChI is InChI=1S/C32H32F7N5O4S.C2HF3O2/c33-22-4-3-5-23(14-22)42-29-25-6-1-2-7-26(25)43-30(44-29)40-16-20-8-10-21(11-9-20)17-41-49(45,46)28-15-24(47-18-31(34,35)36)12-13-27(28)48-19-32(37,38)39;3-2(4,5)1(6)7/h1-7,12-15,20-21,41H,8-11,16-19H2,(H2,40,42,43,44);(H,6,7). The molecule has 0 bridgehead atoms. The van der Waals surface area contributed by atoms with Crippen LogP contribution in [0.5, 0.6) is 11.5 Å². The summed E-state index contributed by atoms with van der Waals surface area (Å²) < 4.78 is 160. The summed E-state index contributed by atoms with van der Waals surface area (Å²) in [7, 11) is -4.50. The molecule has 0 spiro atoms. The van der Waals surface area contributed by atoms with Gasteiger partial charge in [0.1, 0.15) is 28.0 Å². The lowest BCUT2D eigenvalue weighted by Gasteiger charge is -2.29. The normalized spacial score (nSPS) is 16.4. The number of alkyl halides is 9. The van der Waals surface area contributed by atoms with Crippen LogP contribution < -0.4 is 24.8 Å². The third-order valence-corrected chi connectivity index (χ3v) is 9.45. The van der Waals surface area contributed by atoms with Gasteiger partial charge in [-0.3, -0.25) is 0 Å². The Balaban J connectivity index is 0.000000908. The van der Waals surface area contributed by atoms with E-state index < -0.39 is 69.9 Å². The SMILES string of the molecule is O=C(O)C(F)(F)F.O=S(=O)(NCC1CCC(CNc2nc(Nc3cccc(F)c3)c3ccccc3n2)CC1)c1cc(OCC(F)(F)F)ccc1OCC(F)(F)F. The Kier molecular flexibility index (Phi) is 14.2. The molecule has 0 aliphatic heterocycles. The van der Waals surface area contributed by atoms with E-state index in [4.69, 9.17) is 9.90 Å². The average molecular weight is 830 g/mol. The van der Waals surface area contributed by atoms with E-state index in [0.717, 1.165) is 30.4 Å². The number of carboxylic acids is 1. The van der Waals surface area contributed by atoms with Crippen LogP contribution in [0, 0.1) is 17.7 Å². The van der Waals surface area contributed by atoms with Gasteiger partial charge in [-0.15, -0.1) is 0 Å². The molecule has 0 atom stereocenters. The Morgan fingerprint density at radius 2 is 1.39 bits per heavy atom. The van der Waals surface area contributed by atoms with Crippen LogP contribution in [0.4, 0.5) is 61.4 Å². The number of halogens is 10. The third kappa shape index (κ3) is 13.9. The molecule has 1 aliphatic carbocycles. The summed E-state index contributed by atoms with van der Waals surface area (Å²) in [6, 6.07) is 15.8. The van der Waals surface area contributed by atoms with Crippen molar-refractivity contribution >= 4 is 44.3 Å². The van der Waals surface area contributed by atoms with Crippen LogP contribution in [-0.2, 0) is 14.8 Å². The number of rotatable bonds is 13.